The van der Waals surface area contributed by atoms with Gasteiger partial charge in [0.05, 0.1) is 15.7 Å². The molecule has 0 saturated carbocycles. The fourth-order valence-electron chi connectivity index (χ4n) is 2.79. The van der Waals surface area contributed by atoms with E-state index in [2.05, 4.69) is 26.1 Å². The first-order valence-electron chi connectivity index (χ1n) is 9.47. The first-order chi connectivity index (χ1) is 14.7. The third-order valence-electron chi connectivity index (χ3n) is 4.36. The van der Waals surface area contributed by atoms with Crippen molar-refractivity contribution in [3.8, 4) is 10.6 Å². The van der Waals surface area contributed by atoms with Gasteiger partial charge in [0.25, 0.3) is 0 Å². The highest BCUT2D eigenvalue weighted by atomic mass is 35.5. The van der Waals surface area contributed by atoms with E-state index < -0.39 is 18.0 Å². The number of urea groups is 1. The average molecular weight is 478 g/mol. The smallest absolute Gasteiger partial charge is 0.319 e. The van der Waals surface area contributed by atoms with E-state index in [0.717, 1.165) is 11.1 Å². The van der Waals surface area contributed by atoms with Crippen molar-refractivity contribution in [1.29, 1.82) is 0 Å². The molecule has 2 aromatic carbocycles. The zero-order valence-electron chi connectivity index (χ0n) is 17.1. The number of carbonyl (C=O) groups excluding carboxylic acids is 2. The lowest BCUT2D eigenvalue weighted by Gasteiger charge is -2.21. The van der Waals surface area contributed by atoms with Crippen molar-refractivity contribution in [2.24, 2.45) is 5.92 Å². The van der Waals surface area contributed by atoms with Crippen LogP contribution in [0, 0.1) is 12.8 Å². The molecular formula is C21H21Cl2N5O2S. The van der Waals surface area contributed by atoms with E-state index in [-0.39, 0.29) is 10.9 Å². The molecule has 3 rings (SSSR count). The highest BCUT2D eigenvalue weighted by Gasteiger charge is 2.25. The van der Waals surface area contributed by atoms with Gasteiger partial charge < -0.3 is 10.6 Å². The maximum atomic E-state index is 12.8. The third kappa shape index (κ3) is 5.94. The van der Waals surface area contributed by atoms with Gasteiger partial charge in [0.1, 0.15) is 11.0 Å². The summed E-state index contributed by atoms with van der Waals surface area (Å²) in [6.07, 6.45) is 0. The topological polar surface area (TPSA) is 96.0 Å². The summed E-state index contributed by atoms with van der Waals surface area (Å²) in [4.78, 5) is 25.2. The summed E-state index contributed by atoms with van der Waals surface area (Å²) < 4.78 is 0. The van der Waals surface area contributed by atoms with Crippen LogP contribution in [-0.2, 0) is 4.79 Å². The van der Waals surface area contributed by atoms with E-state index in [1.807, 2.05) is 45.0 Å². The summed E-state index contributed by atoms with van der Waals surface area (Å²) in [6, 6.07) is 11.4. The quantitative estimate of drug-likeness (QED) is 0.430. The normalized spacial score (nSPS) is 11.8. The molecular weight excluding hydrogens is 457 g/mol. The van der Waals surface area contributed by atoms with Gasteiger partial charge in [-0.2, -0.15) is 0 Å². The van der Waals surface area contributed by atoms with Crippen molar-refractivity contribution in [1.82, 2.24) is 15.5 Å². The summed E-state index contributed by atoms with van der Waals surface area (Å²) in [5.74, 6) is -0.570. The maximum Gasteiger partial charge on any atom is 0.319 e. The molecule has 162 valence electrons. The molecule has 0 aliphatic carbocycles. The summed E-state index contributed by atoms with van der Waals surface area (Å²) in [6.45, 7) is 5.65. The van der Waals surface area contributed by atoms with Crippen LogP contribution in [0.3, 0.4) is 0 Å². The van der Waals surface area contributed by atoms with Crippen LogP contribution in [0.5, 0.6) is 0 Å². The van der Waals surface area contributed by atoms with Gasteiger partial charge in [0, 0.05) is 5.56 Å². The number of anilines is 2. The van der Waals surface area contributed by atoms with Crippen molar-refractivity contribution in [3.63, 3.8) is 0 Å². The molecule has 3 aromatic rings. The standard InChI is InChI=1S/C21H21Cl2N5O2S/c1-11(2)17(25-20(30)24-15-9-5-8-14(22)16(15)23)18(29)26-21-28-27-19(31-21)13-7-4-6-12(3)10-13/h4-11,17H,1-3H3,(H2,24,25,30)(H,26,28,29). The molecule has 7 nitrogen and oxygen atoms in total. The van der Waals surface area contributed by atoms with Crippen LogP contribution >= 0.6 is 34.5 Å². The molecule has 0 aliphatic heterocycles. The molecule has 3 N–H and O–H groups in total. The molecule has 1 heterocycles. The Bertz CT molecular complexity index is 1100. The number of halogens is 2. The predicted molar refractivity (Wildman–Crippen MR) is 126 cm³/mol. The lowest BCUT2D eigenvalue weighted by molar-refractivity contribution is -0.118. The molecule has 10 heteroatoms. The lowest BCUT2D eigenvalue weighted by atomic mass is 10.0. The fraction of sp³-hybridized carbons (Fsp3) is 0.238. The Morgan fingerprint density at radius 3 is 2.48 bits per heavy atom. The van der Waals surface area contributed by atoms with Crippen LogP contribution in [-0.4, -0.2) is 28.2 Å². The summed E-state index contributed by atoms with van der Waals surface area (Å²) in [5, 5.41) is 17.8. The minimum atomic E-state index is -0.802. The van der Waals surface area contributed by atoms with Gasteiger partial charge in [-0.15, -0.1) is 10.2 Å². The van der Waals surface area contributed by atoms with Crippen molar-refractivity contribution in [2.45, 2.75) is 26.8 Å². The summed E-state index contributed by atoms with van der Waals surface area (Å²) in [7, 11) is 0. The molecule has 0 bridgehead atoms. The van der Waals surface area contributed by atoms with Gasteiger partial charge in [-0.1, -0.05) is 78.2 Å². The minimum absolute atomic E-state index is 0.176. The zero-order valence-corrected chi connectivity index (χ0v) is 19.4. The van der Waals surface area contributed by atoms with Crippen LogP contribution in [0.25, 0.3) is 10.6 Å². The number of amides is 3. The Kier molecular flexibility index (Phi) is 7.48. The largest absolute Gasteiger partial charge is 0.326 e. The van der Waals surface area contributed by atoms with Crippen LogP contribution in [0.15, 0.2) is 42.5 Å². The van der Waals surface area contributed by atoms with E-state index in [4.69, 9.17) is 23.2 Å². The second-order valence-electron chi connectivity index (χ2n) is 7.19. The highest BCUT2D eigenvalue weighted by molar-refractivity contribution is 7.18. The molecule has 0 aliphatic rings. The number of nitrogens with zero attached hydrogens (tertiary/aromatic N) is 2. The van der Waals surface area contributed by atoms with Gasteiger partial charge in [0.2, 0.25) is 11.0 Å². The fourth-order valence-corrected chi connectivity index (χ4v) is 3.88. The van der Waals surface area contributed by atoms with Crippen LogP contribution < -0.4 is 16.0 Å². The summed E-state index contributed by atoms with van der Waals surface area (Å²) in [5.41, 5.74) is 2.38. The molecule has 0 fully saturated rings. The van der Waals surface area contributed by atoms with Crippen molar-refractivity contribution in [2.75, 3.05) is 10.6 Å². The second-order valence-corrected chi connectivity index (χ2v) is 8.96. The summed E-state index contributed by atoms with van der Waals surface area (Å²) >= 11 is 13.3. The highest BCUT2D eigenvalue weighted by Crippen LogP contribution is 2.29. The van der Waals surface area contributed by atoms with Crippen LogP contribution in [0.2, 0.25) is 10.0 Å². The Hall–Kier alpha value is -2.68. The van der Waals surface area contributed by atoms with Crippen molar-refractivity contribution in [3.05, 3.63) is 58.1 Å². The first-order valence-corrected chi connectivity index (χ1v) is 11.0. The number of rotatable bonds is 6. The monoisotopic (exact) mass is 477 g/mol. The van der Waals surface area contributed by atoms with E-state index in [0.29, 0.717) is 20.8 Å². The molecule has 1 unspecified atom stereocenters. The van der Waals surface area contributed by atoms with Gasteiger partial charge in [0.15, 0.2) is 0 Å². The Labute approximate surface area is 194 Å². The number of hydrogen-bond donors (Lipinski definition) is 3. The zero-order chi connectivity index (χ0) is 22.5. The lowest BCUT2D eigenvalue weighted by Crippen LogP contribution is -2.48. The number of aryl methyl sites for hydroxylation is 1. The van der Waals surface area contributed by atoms with E-state index in [1.165, 1.54) is 11.3 Å². The predicted octanol–water partition coefficient (Wildman–Crippen LogP) is 5.61. The Morgan fingerprint density at radius 1 is 1.03 bits per heavy atom. The van der Waals surface area contributed by atoms with Gasteiger partial charge >= 0.3 is 6.03 Å². The maximum absolute atomic E-state index is 12.8. The number of aromatic nitrogens is 2. The SMILES string of the molecule is Cc1cccc(-c2nnc(NC(=O)C(NC(=O)Nc3cccc(Cl)c3Cl)C(C)C)s2)c1. The third-order valence-corrected chi connectivity index (χ3v) is 6.06. The molecule has 0 saturated heterocycles. The van der Waals surface area contributed by atoms with E-state index in [1.54, 1.807) is 18.2 Å². The minimum Gasteiger partial charge on any atom is -0.326 e. The number of hydrogen-bond acceptors (Lipinski definition) is 5. The van der Waals surface area contributed by atoms with E-state index >= 15 is 0 Å². The Morgan fingerprint density at radius 2 is 1.77 bits per heavy atom. The average Bonchev–Trinajstić information content (AvgIpc) is 3.18. The van der Waals surface area contributed by atoms with Crippen molar-refractivity contribution >= 4 is 57.3 Å². The molecule has 3 amide bonds. The first kappa shape index (κ1) is 23.0. The van der Waals surface area contributed by atoms with Gasteiger partial charge in [-0.3, -0.25) is 10.1 Å². The number of carbonyl (C=O) groups is 2. The number of nitrogens with one attached hydrogen (secondary N) is 3. The van der Waals surface area contributed by atoms with Crippen molar-refractivity contribution < 1.29 is 9.59 Å². The molecule has 31 heavy (non-hydrogen) atoms. The molecule has 1 aromatic heterocycles. The Balaban J connectivity index is 1.67. The van der Waals surface area contributed by atoms with Crippen LogP contribution in [0.4, 0.5) is 15.6 Å². The second kappa shape index (κ2) is 10.1. The molecule has 0 radical (unpaired) electrons. The molecule has 1 atom stereocenters. The van der Waals surface area contributed by atoms with Gasteiger partial charge in [-0.25, -0.2) is 4.79 Å². The number of benzene rings is 2. The van der Waals surface area contributed by atoms with Gasteiger partial charge in [-0.05, 0) is 31.0 Å². The molecule has 0 spiro atoms. The van der Waals surface area contributed by atoms with E-state index in [9.17, 15) is 9.59 Å². The van der Waals surface area contributed by atoms with Crippen LogP contribution in [0.1, 0.15) is 19.4 Å².